The van der Waals surface area contributed by atoms with Crippen molar-refractivity contribution < 1.29 is 0 Å². The molecule has 1 N–H and O–H groups in total. The third-order valence-electron chi connectivity index (χ3n) is 3.66. The average Bonchev–Trinajstić information content (AvgIpc) is 2.99. The van der Waals surface area contributed by atoms with Crippen molar-refractivity contribution in [1.82, 2.24) is 20.1 Å². The monoisotopic (exact) mass is 276 g/mol. The first-order chi connectivity index (χ1) is 9.20. The number of likely N-dealkylation sites (tertiary alicyclic amines) is 1. The highest BCUT2D eigenvalue weighted by atomic mass is 32.1. The standard InChI is InChI=1S/C14H20N4S/c1-10-5-6-13(19-10)9-18-7-3-4-12(8-18)14-15-11(2)16-17-14/h5-6,12H,3-4,7-9H2,1-2H3,(H,15,16,17)/t12-/m1/s1. The lowest BCUT2D eigenvalue weighted by molar-refractivity contribution is 0.198. The van der Waals surface area contributed by atoms with Crippen molar-refractivity contribution in [2.45, 2.75) is 39.2 Å². The van der Waals surface area contributed by atoms with E-state index in [1.807, 2.05) is 18.3 Å². The molecule has 1 atom stereocenters. The molecule has 0 aliphatic carbocycles. The van der Waals surface area contributed by atoms with E-state index in [1.165, 1.54) is 29.1 Å². The van der Waals surface area contributed by atoms with Crippen LogP contribution in [0.1, 0.15) is 40.2 Å². The van der Waals surface area contributed by atoms with E-state index in [9.17, 15) is 0 Å². The van der Waals surface area contributed by atoms with E-state index in [4.69, 9.17) is 0 Å². The minimum atomic E-state index is 0.486. The predicted octanol–water partition coefficient (Wildman–Crippen LogP) is 2.86. The maximum absolute atomic E-state index is 4.49. The molecule has 19 heavy (non-hydrogen) atoms. The van der Waals surface area contributed by atoms with Gasteiger partial charge in [-0.15, -0.1) is 11.3 Å². The van der Waals surface area contributed by atoms with Crippen LogP contribution in [-0.4, -0.2) is 33.2 Å². The first-order valence-electron chi connectivity index (χ1n) is 6.87. The topological polar surface area (TPSA) is 44.8 Å². The number of hydrogen-bond acceptors (Lipinski definition) is 4. The molecule has 1 aliphatic rings. The van der Waals surface area contributed by atoms with Crippen molar-refractivity contribution in [2.75, 3.05) is 13.1 Å². The number of rotatable bonds is 3. The van der Waals surface area contributed by atoms with Crippen LogP contribution in [0.25, 0.3) is 0 Å². The zero-order valence-corrected chi connectivity index (χ0v) is 12.3. The van der Waals surface area contributed by atoms with E-state index < -0.39 is 0 Å². The molecule has 3 heterocycles. The van der Waals surface area contributed by atoms with Gasteiger partial charge in [-0.2, -0.15) is 5.10 Å². The molecule has 1 saturated heterocycles. The van der Waals surface area contributed by atoms with Gasteiger partial charge in [-0.3, -0.25) is 10.00 Å². The van der Waals surface area contributed by atoms with Crippen LogP contribution in [-0.2, 0) is 6.54 Å². The summed E-state index contributed by atoms with van der Waals surface area (Å²) >= 11 is 1.90. The van der Waals surface area contributed by atoms with E-state index in [-0.39, 0.29) is 0 Å². The molecular formula is C14H20N4S. The summed E-state index contributed by atoms with van der Waals surface area (Å²) in [7, 11) is 0. The van der Waals surface area contributed by atoms with Crippen LogP contribution in [0.2, 0.25) is 0 Å². The Morgan fingerprint density at radius 1 is 1.42 bits per heavy atom. The summed E-state index contributed by atoms with van der Waals surface area (Å²) in [6.07, 6.45) is 2.44. The van der Waals surface area contributed by atoms with E-state index in [2.05, 4.69) is 39.1 Å². The van der Waals surface area contributed by atoms with Crippen molar-refractivity contribution in [3.05, 3.63) is 33.5 Å². The summed E-state index contributed by atoms with van der Waals surface area (Å²) in [6, 6.07) is 4.46. The minimum Gasteiger partial charge on any atom is -0.298 e. The van der Waals surface area contributed by atoms with Crippen molar-refractivity contribution in [2.24, 2.45) is 0 Å². The lowest BCUT2D eigenvalue weighted by atomic mass is 9.97. The lowest BCUT2D eigenvalue weighted by Crippen LogP contribution is -2.34. The summed E-state index contributed by atoms with van der Waals surface area (Å²) < 4.78 is 0. The summed E-state index contributed by atoms with van der Waals surface area (Å²) in [5.74, 6) is 2.39. The Hall–Kier alpha value is -1.20. The molecule has 1 fully saturated rings. The number of H-pyrrole nitrogens is 1. The molecule has 0 aromatic carbocycles. The molecular weight excluding hydrogens is 256 g/mol. The number of aromatic amines is 1. The highest BCUT2D eigenvalue weighted by molar-refractivity contribution is 7.11. The number of nitrogens with one attached hydrogen (secondary N) is 1. The zero-order valence-electron chi connectivity index (χ0n) is 11.5. The number of thiophene rings is 1. The van der Waals surface area contributed by atoms with Crippen molar-refractivity contribution in [1.29, 1.82) is 0 Å². The van der Waals surface area contributed by atoms with Crippen molar-refractivity contribution >= 4 is 11.3 Å². The normalized spacial score (nSPS) is 20.8. The number of nitrogens with zero attached hydrogens (tertiary/aromatic N) is 3. The lowest BCUT2D eigenvalue weighted by Gasteiger charge is -2.30. The number of piperidine rings is 1. The van der Waals surface area contributed by atoms with Crippen LogP contribution < -0.4 is 0 Å². The molecule has 2 aromatic heterocycles. The predicted molar refractivity (Wildman–Crippen MR) is 77.4 cm³/mol. The van der Waals surface area contributed by atoms with Gasteiger partial charge in [-0.05, 0) is 45.4 Å². The average molecular weight is 276 g/mol. The van der Waals surface area contributed by atoms with Crippen LogP contribution in [0, 0.1) is 13.8 Å². The van der Waals surface area contributed by atoms with Crippen LogP contribution in [0.4, 0.5) is 0 Å². The number of aryl methyl sites for hydroxylation is 2. The van der Waals surface area contributed by atoms with Gasteiger partial charge in [0.15, 0.2) is 5.82 Å². The molecule has 3 rings (SSSR count). The second-order valence-electron chi connectivity index (χ2n) is 5.37. The van der Waals surface area contributed by atoms with E-state index in [0.717, 1.165) is 24.7 Å². The molecule has 0 amide bonds. The van der Waals surface area contributed by atoms with E-state index >= 15 is 0 Å². The molecule has 0 spiro atoms. The van der Waals surface area contributed by atoms with Gasteiger partial charge in [0.1, 0.15) is 5.82 Å². The highest BCUT2D eigenvalue weighted by Crippen LogP contribution is 2.26. The second kappa shape index (κ2) is 5.43. The third-order valence-corrected chi connectivity index (χ3v) is 4.65. The highest BCUT2D eigenvalue weighted by Gasteiger charge is 2.24. The molecule has 0 saturated carbocycles. The Bertz CT molecular complexity index is 545. The quantitative estimate of drug-likeness (QED) is 0.937. The largest absolute Gasteiger partial charge is 0.298 e. The molecule has 1 aliphatic heterocycles. The van der Waals surface area contributed by atoms with Gasteiger partial charge in [0.2, 0.25) is 0 Å². The van der Waals surface area contributed by atoms with Gasteiger partial charge >= 0.3 is 0 Å². The Kier molecular flexibility index (Phi) is 3.66. The van der Waals surface area contributed by atoms with E-state index in [0.29, 0.717) is 5.92 Å². The van der Waals surface area contributed by atoms with Gasteiger partial charge < -0.3 is 0 Å². The smallest absolute Gasteiger partial charge is 0.155 e. The van der Waals surface area contributed by atoms with Gasteiger partial charge in [0, 0.05) is 28.8 Å². The van der Waals surface area contributed by atoms with Crippen molar-refractivity contribution in [3.8, 4) is 0 Å². The first kappa shape index (κ1) is 12.8. The minimum absolute atomic E-state index is 0.486. The Morgan fingerprint density at radius 3 is 3.00 bits per heavy atom. The molecule has 0 radical (unpaired) electrons. The summed E-state index contributed by atoms with van der Waals surface area (Å²) in [5.41, 5.74) is 0. The maximum Gasteiger partial charge on any atom is 0.155 e. The molecule has 4 nitrogen and oxygen atoms in total. The fourth-order valence-corrected chi connectivity index (χ4v) is 3.68. The van der Waals surface area contributed by atoms with Gasteiger partial charge in [-0.25, -0.2) is 4.98 Å². The first-order valence-corrected chi connectivity index (χ1v) is 7.69. The SMILES string of the molecule is Cc1nc([C@@H]2CCCN(Cc3ccc(C)s3)C2)n[nH]1. The van der Waals surface area contributed by atoms with Gasteiger partial charge in [0.25, 0.3) is 0 Å². The Labute approximate surface area is 117 Å². The molecule has 102 valence electrons. The summed E-state index contributed by atoms with van der Waals surface area (Å²) in [5, 5.41) is 7.28. The fourth-order valence-electron chi connectivity index (χ4n) is 2.74. The van der Waals surface area contributed by atoms with E-state index in [1.54, 1.807) is 0 Å². The fraction of sp³-hybridized carbons (Fsp3) is 0.571. The Balaban J connectivity index is 1.64. The van der Waals surface area contributed by atoms with Crippen LogP contribution >= 0.6 is 11.3 Å². The zero-order chi connectivity index (χ0) is 13.2. The summed E-state index contributed by atoms with van der Waals surface area (Å²) in [4.78, 5) is 9.88. The maximum atomic E-state index is 4.49. The Morgan fingerprint density at radius 2 is 2.32 bits per heavy atom. The van der Waals surface area contributed by atoms with Gasteiger partial charge in [-0.1, -0.05) is 0 Å². The van der Waals surface area contributed by atoms with Crippen LogP contribution in [0.5, 0.6) is 0 Å². The number of hydrogen-bond donors (Lipinski definition) is 1. The van der Waals surface area contributed by atoms with Gasteiger partial charge in [0.05, 0.1) is 0 Å². The summed E-state index contributed by atoms with van der Waals surface area (Å²) in [6.45, 7) is 7.47. The number of aromatic nitrogens is 3. The van der Waals surface area contributed by atoms with Crippen LogP contribution in [0.3, 0.4) is 0 Å². The van der Waals surface area contributed by atoms with Crippen molar-refractivity contribution in [3.63, 3.8) is 0 Å². The molecule has 0 bridgehead atoms. The van der Waals surface area contributed by atoms with Crippen LogP contribution in [0.15, 0.2) is 12.1 Å². The molecule has 5 heteroatoms. The molecule has 0 unspecified atom stereocenters. The molecule has 2 aromatic rings. The second-order valence-corrected chi connectivity index (χ2v) is 6.74. The third kappa shape index (κ3) is 3.04.